The van der Waals surface area contributed by atoms with E-state index in [-0.39, 0.29) is 5.69 Å². The molecule has 0 amide bonds. The maximum Gasteiger partial charge on any atom is 0.251 e. The van der Waals surface area contributed by atoms with Gasteiger partial charge < -0.3 is 9.54 Å². The number of aromatic amines is 1. The molecule has 1 rings (SSSR count). The summed E-state index contributed by atoms with van der Waals surface area (Å²) in [7, 11) is 0. The molecule has 1 N–H and O–H groups in total. The number of nitroso groups, excluding NO2 is 1. The average Bonchev–Trinajstić information content (AvgIpc) is 2.33. The molecule has 0 aliphatic carbocycles. The summed E-state index contributed by atoms with van der Waals surface area (Å²) in [6.45, 7) is 0. The van der Waals surface area contributed by atoms with Crippen LogP contribution in [0.5, 0.6) is 0 Å². The zero-order valence-electron chi connectivity index (χ0n) is 5.33. The molecule has 0 aliphatic rings. The molecule has 10 heavy (non-hydrogen) atoms. The minimum absolute atomic E-state index is 0.223. The smallest absolute Gasteiger partial charge is 0.251 e. The molecule has 1 aromatic heterocycles. The molecule has 0 saturated carbocycles. The highest BCUT2D eigenvalue weighted by Gasteiger charge is 2.12. The van der Waals surface area contributed by atoms with Crippen LogP contribution in [0, 0.1) is 4.91 Å². The van der Waals surface area contributed by atoms with Gasteiger partial charge in [0.15, 0.2) is 5.69 Å². The van der Waals surface area contributed by atoms with Crippen LogP contribution < -0.4 is 0 Å². The van der Waals surface area contributed by atoms with Gasteiger partial charge in [-0.15, -0.1) is 4.91 Å². The first-order valence-electron chi connectivity index (χ1n) is 2.60. The van der Waals surface area contributed by atoms with E-state index in [1.165, 1.54) is 18.5 Å². The number of H-pyrrole nitrogens is 1. The van der Waals surface area contributed by atoms with Crippen molar-refractivity contribution in [2.24, 2.45) is 5.18 Å². The first-order chi connectivity index (χ1) is 4.75. The van der Waals surface area contributed by atoms with Gasteiger partial charge in [-0.05, 0) is 11.2 Å². The van der Waals surface area contributed by atoms with Crippen LogP contribution in [-0.2, 0) is 11.2 Å². The van der Waals surface area contributed by atoms with Crippen LogP contribution in [0.25, 0.3) is 0 Å². The fraction of sp³-hybridized carbons (Fsp3) is 0.200. The summed E-state index contributed by atoms with van der Waals surface area (Å²) in [6, 6.07) is 1.49. The molecule has 0 bridgehead atoms. The second-order valence-corrected chi connectivity index (χ2v) is 3.05. The Balaban J connectivity index is 3.01. The lowest BCUT2D eigenvalue weighted by Gasteiger charge is -1.99. The second kappa shape index (κ2) is 2.85. The SMILES string of the molecule is C[S+]([O-])c1[nH]ccc1N=O. The normalized spacial score (nSPS) is 13.0. The third kappa shape index (κ3) is 1.19. The molecule has 0 spiro atoms. The van der Waals surface area contributed by atoms with E-state index >= 15 is 0 Å². The third-order valence-electron chi connectivity index (χ3n) is 1.07. The summed E-state index contributed by atoms with van der Waals surface area (Å²) < 4.78 is 10.8. The van der Waals surface area contributed by atoms with Crippen LogP contribution in [0.2, 0.25) is 0 Å². The minimum Gasteiger partial charge on any atom is -0.610 e. The van der Waals surface area contributed by atoms with Crippen molar-refractivity contribution in [1.82, 2.24) is 4.98 Å². The Kier molecular flexibility index (Phi) is 2.08. The van der Waals surface area contributed by atoms with E-state index in [1.807, 2.05) is 0 Å². The summed E-state index contributed by atoms with van der Waals surface area (Å²) in [4.78, 5) is 12.7. The predicted octanol–water partition coefficient (Wildman–Crippen LogP) is 1.15. The van der Waals surface area contributed by atoms with E-state index in [2.05, 4.69) is 10.2 Å². The number of hydrogen-bond donors (Lipinski definition) is 1. The lowest BCUT2D eigenvalue weighted by Crippen LogP contribution is -1.96. The summed E-state index contributed by atoms with van der Waals surface area (Å²) in [5.41, 5.74) is 0.223. The molecule has 54 valence electrons. The number of aromatic nitrogens is 1. The van der Waals surface area contributed by atoms with Crippen LogP contribution in [-0.4, -0.2) is 15.8 Å². The molecule has 5 heteroatoms. The molecular weight excluding hydrogens is 152 g/mol. The third-order valence-corrected chi connectivity index (χ3v) is 1.98. The van der Waals surface area contributed by atoms with E-state index in [1.54, 1.807) is 0 Å². The van der Waals surface area contributed by atoms with Crippen molar-refractivity contribution in [3.63, 3.8) is 0 Å². The summed E-state index contributed by atoms with van der Waals surface area (Å²) in [5, 5.41) is 3.06. The maximum absolute atomic E-state index is 10.8. The molecule has 1 atom stereocenters. The van der Waals surface area contributed by atoms with Gasteiger partial charge in [-0.25, -0.2) is 0 Å². The van der Waals surface area contributed by atoms with Gasteiger partial charge in [-0.2, -0.15) is 0 Å². The van der Waals surface area contributed by atoms with Crippen LogP contribution in [0.15, 0.2) is 22.5 Å². The van der Waals surface area contributed by atoms with E-state index in [9.17, 15) is 9.46 Å². The Labute approximate surface area is 60.8 Å². The number of rotatable bonds is 2. The summed E-state index contributed by atoms with van der Waals surface area (Å²) >= 11 is -1.16. The van der Waals surface area contributed by atoms with Crippen molar-refractivity contribution in [3.05, 3.63) is 17.2 Å². The molecule has 1 unspecified atom stereocenters. The van der Waals surface area contributed by atoms with Crippen LogP contribution in [0.1, 0.15) is 0 Å². The van der Waals surface area contributed by atoms with Crippen LogP contribution in [0.3, 0.4) is 0 Å². The number of nitrogens with zero attached hydrogens (tertiary/aromatic N) is 1. The monoisotopic (exact) mass is 158 g/mol. The van der Waals surface area contributed by atoms with Crippen molar-refractivity contribution < 1.29 is 4.55 Å². The Hall–Kier alpha value is -0.810. The molecule has 0 radical (unpaired) electrons. The molecule has 4 nitrogen and oxygen atoms in total. The molecule has 0 aromatic carbocycles. The Morgan fingerprint density at radius 2 is 2.50 bits per heavy atom. The van der Waals surface area contributed by atoms with Gasteiger partial charge >= 0.3 is 0 Å². The van der Waals surface area contributed by atoms with Crippen molar-refractivity contribution in [2.45, 2.75) is 5.03 Å². The standard InChI is InChI=1S/C5H6N2O2S/c1-10(9)5-4(7-8)2-3-6-5/h2-3,6H,1H3. The molecular formula is C5H6N2O2S. The van der Waals surface area contributed by atoms with Crippen molar-refractivity contribution in [3.8, 4) is 0 Å². The predicted molar refractivity (Wildman–Crippen MR) is 38.6 cm³/mol. The zero-order chi connectivity index (χ0) is 7.56. The van der Waals surface area contributed by atoms with Gasteiger partial charge in [0, 0.05) is 17.4 Å². The largest absolute Gasteiger partial charge is 0.610 e. The van der Waals surface area contributed by atoms with E-state index in [4.69, 9.17) is 0 Å². The highest BCUT2D eigenvalue weighted by atomic mass is 32.2. The van der Waals surface area contributed by atoms with Crippen LogP contribution in [0.4, 0.5) is 5.69 Å². The van der Waals surface area contributed by atoms with Crippen LogP contribution >= 0.6 is 0 Å². The lowest BCUT2D eigenvalue weighted by atomic mass is 10.6. The Bertz CT molecular complexity index is 233. The molecule has 1 heterocycles. The summed E-state index contributed by atoms with van der Waals surface area (Å²) in [5.74, 6) is 0. The van der Waals surface area contributed by atoms with Crippen molar-refractivity contribution in [2.75, 3.05) is 6.26 Å². The molecule has 0 fully saturated rings. The second-order valence-electron chi connectivity index (χ2n) is 1.74. The Morgan fingerprint density at radius 3 is 2.90 bits per heavy atom. The average molecular weight is 158 g/mol. The zero-order valence-corrected chi connectivity index (χ0v) is 6.14. The quantitative estimate of drug-likeness (QED) is 0.518. The molecule has 0 aliphatic heterocycles. The number of hydrogen-bond acceptors (Lipinski definition) is 3. The lowest BCUT2D eigenvalue weighted by molar-refractivity contribution is 0.598. The first-order valence-corrected chi connectivity index (χ1v) is 4.15. The molecule has 0 saturated heterocycles. The van der Waals surface area contributed by atoms with Gasteiger partial charge in [0.05, 0.1) is 0 Å². The van der Waals surface area contributed by atoms with Gasteiger partial charge in [0.25, 0.3) is 5.03 Å². The summed E-state index contributed by atoms with van der Waals surface area (Å²) in [6.07, 6.45) is 3.02. The fourth-order valence-corrected chi connectivity index (χ4v) is 1.28. The number of nitrogens with one attached hydrogen (secondary N) is 1. The Morgan fingerprint density at radius 1 is 1.80 bits per heavy atom. The minimum atomic E-state index is -1.16. The highest BCUT2D eigenvalue weighted by molar-refractivity contribution is 7.90. The van der Waals surface area contributed by atoms with Gasteiger partial charge in [-0.3, -0.25) is 0 Å². The van der Waals surface area contributed by atoms with Crippen molar-refractivity contribution >= 4 is 16.9 Å². The van der Waals surface area contributed by atoms with E-state index < -0.39 is 11.2 Å². The van der Waals surface area contributed by atoms with E-state index in [0.29, 0.717) is 5.03 Å². The first kappa shape index (κ1) is 7.30. The fourth-order valence-electron chi connectivity index (χ4n) is 0.648. The highest BCUT2D eigenvalue weighted by Crippen LogP contribution is 2.21. The maximum atomic E-state index is 10.8. The van der Waals surface area contributed by atoms with Gasteiger partial charge in [0.1, 0.15) is 6.26 Å². The van der Waals surface area contributed by atoms with Gasteiger partial charge in [0.2, 0.25) is 0 Å². The van der Waals surface area contributed by atoms with Crippen molar-refractivity contribution in [1.29, 1.82) is 0 Å². The van der Waals surface area contributed by atoms with E-state index in [0.717, 1.165) is 0 Å². The molecule has 1 aromatic rings. The van der Waals surface area contributed by atoms with Gasteiger partial charge in [-0.1, -0.05) is 0 Å². The topological polar surface area (TPSA) is 68.3 Å².